The quantitative estimate of drug-likeness (QED) is 0.450. The average molecular weight is 437 g/mol. The molecule has 1 aromatic carbocycles. The molecule has 0 spiro atoms. The van der Waals surface area contributed by atoms with E-state index >= 15 is 0 Å². The van der Waals surface area contributed by atoms with E-state index in [4.69, 9.17) is 14.2 Å². The van der Waals surface area contributed by atoms with Crippen LogP contribution in [-0.4, -0.2) is 32.0 Å². The standard InChI is InChI=1S/C18H33O6PSSi/c1-12(2)27(13(3)4,14(5)6)24-18-15(7)9-17(10-16(18)8)26(22,23)11-25(19,20)21/h9-10,12-14H,11H2,1-8H3,(H2,19,20,21). The van der Waals surface area contributed by atoms with Crippen molar-refractivity contribution in [3.63, 3.8) is 0 Å². The Morgan fingerprint density at radius 1 is 0.963 bits per heavy atom. The maximum absolute atomic E-state index is 12.3. The van der Waals surface area contributed by atoms with Crippen molar-refractivity contribution in [1.29, 1.82) is 0 Å². The SMILES string of the molecule is Cc1cc(S(=O)(=O)CP(=O)(O)O)cc(C)c1O[Si](C(C)C)(C(C)C)C(C)C. The Morgan fingerprint density at radius 3 is 1.63 bits per heavy atom. The van der Waals surface area contributed by atoms with Gasteiger partial charge in [0.1, 0.15) is 5.75 Å². The summed E-state index contributed by atoms with van der Waals surface area (Å²) < 4.78 is 42.6. The molecule has 1 rings (SSSR count). The molecule has 27 heavy (non-hydrogen) atoms. The van der Waals surface area contributed by atoms with E-state index in [-0.39, 0.29) is 4.90 Å². The normalized spacial score (nSPS) is 13.7. The molecule has 0 atom stereocenters. The molecule has 2 N–H and O–H groups in total. The highest BCUT2D eigenvalue weighted by atomic mass is 32.2. The van der Waals surface area contributed by atoms with Crippen molar-refractivity contribution in [2.24, 2.45) is 0 Å². The molecule has 9 heteroatoms. The van der Waals surface area contributed by atoms with Crippen LogP contribution in [0.25, 0.3) is 0 Å². The van der Waals surface area contributed by atoms with Crippen molar-refractivity contribution in [3.05, 3.63) is 23.3 Å². The third-order valence-electron chi connectivity index (χ3n) is 5.12. The summed E-state index contributed by atoms with van der Waals surface area (Å²) in [5.74, 6) is 0.688. The van der Waals surface area contributed by atoms with Crippen molar-refractivity contribution in [1.82, 2.24) is 0 Å². The van der Waals surface area contributed by atoms with Gasteiger partial charge in [0.15, 0.2) is 15.3 Å². The Morgan fingerprint density at radius 2 is 1.33 bits per heavy atom. The molecule has 0 unspecified atom stereocenters. The van der Waals surface area contributed by atoms with Crippen LogP contribution >= 0.6 is 7.60 Å². The summed E-state index contributed by atoms with van der Waals surface area (Å²) in [6.45, 7) is 16.6. The molecule has 0 heterocycles. The maximum Gasteiger partial charge on any atom is 0.340 e. The van der Waals surface area contributed by atoms with E-state index in [2.05, 4.69) is 41.5 Å². The van der Waals surface area contributed by atoms with Crippen LogP contribution in [0.5, 0.6) is 5.75 Å². The van der Waals surface area contributed by atoms with Crippen molar-refractivity contribution in [3.8, 4) is 5.75 Å². The predicted molar refractivity (Wildman–Crippen MR) is 112 cm³/mol. The van der Waals surface area contributed by atoms with E-state index in [1.807, 2.05) is 0 Å². The van der Waals surface area contributed by atoms with Crippen molar-refractivity contribution in [2.75, 3.05) is 5.49 Å². The second-order valence-corrected chi connectivity index (χ2v) is 17.7. The van der Waals surface area contributed by atoms with Gasteiger partial charge in [0, 0.05) is 0 Å². The molecule has 0 saturated heterocycles. The van der Waals surface area contributed by atoms with Crippen LogP contribution in [0.1, 0.15) is 52.7 Å². The van der Waals surface area contributed by atoms with E-state index < -0.39 is 31.2 Å². The van der Waals surface area contributed by atoms with Gasteiger partial charge in [-0.1, -0.05) is 41.5 Å². The Hall–Kier alpha value is -0.663. The van der Waals surface area contributed by atoms with E-state index in [0.29, 0.717) is 33.5 Å². The summed E-state index contributed by atoms with van der Waals surface area (Å²) in [5, 5.41) is 0. The van der Waals surface area contributed by atoms with Crippen LogP contribution in [0.15, 0.2) is 17.0 Å². The summed E-state index contributed by atoms with van der Waals surface area (Å²) in [5.41, 5.74) is 1.25. The van der Waals surface area contributed by atoms with Gasteiger partial charge >= 0.3 is 7.60 Å². The molecule has 0 bridgehead atoms. The van der Waals surface area contributed by atoms with Crippen LogP contribution < -0.4 is 4.43 Å². The lowest BCUT2D eigenvalue weighted by Gasteiger charge is -2.43. The largest absolute Gasteiger partial charge is 0.542 e. The Kier molecular flexibility index (Phi) is 7.56. The van der Waals surface area contributed by atoms with Gasteiger partial charge in [0.25, 0.3) is 8.32 Å². The fourth-order valence-electron chi connectivity index (χ4n) is 4.08. The Balaban J connectivity index is 3.48. The fourth-order valence-corrected chi connectivity index (χ4v) is 12.5. The Labute approximate surface area is 164 Å². The van der Waals surface area contributed by atoms with Gasteiger partial charge < -0.3 is 14.2 Å². The topological polar surface area (TPSA) is 101 Å². The molecule has 0 radical (unpaired) electrons. The molecule has 6 nitrogen and oxygen atoms in total. The average Bonchev–Trinajstić information content (AvgIpc) is 2.42. The summed E-state index contributed by atoms with van der Waals surface area (Å²) in [4.78, 5) is 18.0. The Bertz CT molecular complexity index is 781. The number of sulfone groups is 1. The fraction of sp³-hybridized carbons (Fsp3) is 0.667. The summed E-state index contributed by atoms with van der Waals surface area (Å²) >= 11 is 0. The highest BCUT2D eigenvalue weighted by Crippen LogP contribution is 2.45. The molecule has 0 amide bonds. The molecular formula is C18H33O6PSSi. The lowest BCUT2D eigenvalue weighted by molar-refractivity contribution is 0.378. The molecule has 0 aromatic heterocycles. The van der Waals surface area contributed by atoms with Crippen molar-refractivity contribution in [2.45, 2.75) is 76.9 Å². The summed E-state index contributed by atoms with van der Waals surface area (Å²) in [6.07, 6.45) is 0. The molecular weight excluding hydrogens is 403 g/mol. The maximum atomic E-state index is 12.3. The van der Waals surface area contributed by atoms with Gasteiger partial charge in [0.2, 0.25) is 0 Å². The first-order valence-corrected chi connectivity index (χ1v) is 14.7. The van der Waals surface area contributed by atoms with E-state index in [9.17, 15) is 13.0 Å². The van der Waals surface area contributed by atoms with Crippen LogP contribution in [0.2, 0.25) is 16.6 Å². The van der Waals surface area contributed by atoms with Gasteiger partial charge in [-0.2, -0.15) is 0 Å². The van der Waals surface area contributed by atoms with E-state index in [0.717, 1.165) is 0 Å². The first kappa shape index (κ1) is 24.4. The zero-order valence-electron chi connectivity index (χ0n) is 17.5. The van der Waals surface area contributed by atoms with Gasteiger partial charge in [-0.25, -0.2) is 8.42 Å². The number of rotatable bonds is 8. The number of hydrogen-bond acceptors (Lipinski definition) is 4. The van der Waals surface area contributed by atoms with E-state index in [1.165, 1.54) is 12.1 Å². The minimum Gasteiger partial charge on any atom is -0.542 e. The van der Waals surface area contributed by atoms with Crippen LogP contribution in [0.4, 0.5) is 0 Å². The zero-order chi connectivity index (χ0) is 21.4. The molecule has 0 aliphatic rings. The smallest absolute Gasteiger partial charge is 0.340 e. The first-order valence-electron chi connectivity index (χ1n) is 9.12. The molecule has 0 aliphatic carbocycles. The van der Waals surface area contributed by atoms with Gasteiger partial charge in [-0.3, -0.25) is 4.57 Å². The third-order valence-corrected chi connectivity index (χ3v) is 14.7. The number of aryl methyl sites for hydroxylation is 2. The monoisotopic (exact) mass is 436 g/mol. The third kappa shape index (κ3) is 5.45. The summed E-state index contributed by atoms with van der Waals surface area (Å²) in [7, 11) is -11.0. The van der Waals surface area contributed by atoms with E-state index in [1.54, 1.807) is 13.8 Å². The highest BCUT2D eigenvalue weighted by Gasteiger charge is 2.47. The van der Waals surface area contributed by atoms with Gasteiger partial charge in [-0.15, -0.1) is 0 Å². The summed E-state index contributed by atoms with van der Waals surface area (Å²) in [6, 6.07) is 2.90. The predicted octanol–water partition coefficient (Wildman–Crippen LogP) is 4.77. The molecule has 0 fully saturated rings. The van der Waals surface area contributed by atoms with Gasteiger partial charge in [-0.05, 0) is 53.7 Å². The van der Waals surface area contributed by atoms with Crippen LogP contribution in [-0.2, 0) is 14.4 Å². The number of benzene rings is 1. The number of hydrogen-bond donors (Lipinski definition) is 2. The van der Waals surface area contributed by atoms with Crippen LogP contribution in [0, 0.1) is 13.8 Å². The minimum atomic E-state index is -4.68. The lowest BCUT2D eigenvalue weighted by Crippen LogP contribution is -2.51. The minimum absolute atomic E-state index is 0.0842. The molecule has 156 valence electrons. The van der Waals surface area contributed by atoms with Gasteiger partial charge in [0.05, 0.1) is 4.90 Å². The lowest BCUT2D eigenvalue weighted by atomic mass is 10.1. The second kappa shape index (κ2) is 8.37. The van der Waals surface area contributed by atoms with Crippen molar-refractivity contribution >= 4 is 25.8 Å². The molecule has 1 aromatic rings. The molecule has 0 aliphatic heterocycles. The highest BCUT2D eigenvalue weighted by molar-refractivity contribution is 7.97. The molecule has 0 saturated carbocycles. The first-order chi connectivity index (χ1) is 12.0. The van der Waals surface area contributed by atoms with Crippen molar-refractivity contribution < 1.29 is 27.2 Å². The second-order valence-electron chi connectivity index (χ2n) is 8.21. The zero-order valence-corrected chi connectivity index (χ0v) is 20.2. The van der Waals surface area contributed by atoms with Crippen LogP contribution in [0.3, 0.4) is 0 Å².